The molecule has 0 amide bonds. The first kappa shape index (κ1) is 14.8. The van der Waals surface area contributed by atoms with Crippen LogP contribution in [0.25, 0.3) is 17.2 Å². The summed E-state index contributed by atoms with van der Waals surface area (Å²) in [7, 11) is 0. The molecule has 1 N–H and O–H groups in total. The number of hydrogen-bond donors (Lipinski definition) is 1. The van der Waals surface area contributed by atoms with Gasteiger partial charge in [-0.2, -0.15) is 13.2 Å². The molecule has 3 nitrogen and oxygen atoms in total. The number of aromatic nitrogens is 1. The van der Waals surface area contributed by atoms with E-state index in [2.05, 4.69) is 4.98 Å². The molecular weight excluding hydrogens is 283 g/mol. The fourth-order valence-electron chi connectivity index (χ4n) is 1.83. The Balaban J connectivity index is 2.53. The van der Waals surface area contributed by atoms with E-state index in [4.69, 9.17) is 5.11 Å². The molecule has 0 unspecified atom stereocenters. The predicted molar refractivity (Wildman–Crippen MR) is 71.3 cm³/mol. The van der Waals surface area contributed by atoms with Gasteiger partial charge in [-0.25, -0.2) is 4.79 Å². The molecule has 2 aromatic rings. The smallest absolute Gasteiger partial charge is 0.417 e. The van der Waals surface area contributed by atoms with E-state index in [-0.39, 0.29) is 5.56 Å². The van der Waals surface area contributed by atoms with Gasteiger partial charge in [-0.05, 0) is 41.0 Å². The lowest BCUT2D eigenvalue weighted by Crippen LogP contribution is -2.07. The van der Waals surface area contributed by atoms with E-state index in [1.54, 1.807) is 12.1 Å². The van der Waals surface area contributed by atoms with Crippen LogP contribution in [0.3, 0.4) is 0 Å². The van der Waals surface area contributed by atoms with E-state index < -0.39 is 17.7 Å². The lowest BCUT2D eigenvalue weighted by Gasteiger charge is -2.12. The van der Waals surface area contributed by atoms with Crippen LogP contribution in [-0.2, 0) is 11.0 Å². The maximum absolute atomic E-state index is 13.1. The fraction of sp³-hybridized carbons (Fsp3) is 0.0667. The molecule has 108 valence electrons. The van der Waals surface area contributed by atoms with Gasteiger partial charge >= 0.3 is 12.1 Å². The number of rotatable bonds is 3. The molecule has 0 atom stereocenters. The lowest BCUT2D eigenvalue weighted by molar-refractivity contribution is -0.137. The van der Waals surface area contributed by atoms with Gasteiger partial charge in [0.1, 0.15) is 0 Å². The lowest BCUT2D eigenvalue weighted by atomic mass is 9.99. The SMILES string of the molecule is O=C(O)/C=C/c1ccc(-c2ccncc2)cc1C(F)(F)F. The largest absolute Gasteiger partial charge is 0.478 e. The Kier molecular flexibility index (Phi) is 4.07. The number of pyridine rings is 1. The zero-order valence-electron chi connectivity index (χ0n) is 10.6. The molecule has 0 fully saturated rings. The molecule has 0 aliphatic rings. The van der Waals surface area contributed by atoms with Crippen molar-refractivity contribution in [3.63, 3.8) is 0 Å². The number of aliphatic carboxylic acids is 1. The average Bonchev–Trinajstić information content (AvgIpc) is 2.45. The highest BCUT2D eigenvalue weighted by Gasteiger charge is 2.33. The van der Waals surface area contributed by atoms with Gasteiger partial charge < -0.3 is 5.11 Å². The molecule has 0 radical (unpaired) electrons. The van der Waals surface area contributed by atoms with Crippen LogP contribution in [0.4, 0.5) is 13.2 Å². The minimum Gasteiger partial charge on any atom is -0.478 e. The highest BCUT2D eigenvalue weighted by Crippen LogP contribution is 2.35. The van der Waals surface area contributed by atoms with Gasteiger partial charge in [0, 0.05) is 18.5 Å². The van der Waals surface area contributed by atoms with Crippen LogP contribution in [-0.4, -0.2) is 16.1 Å². The minimum atomic E-state index is -4.57. The number of halogens is 3. The van der Waals surface area contributed by atoms with Crippen molar-refractivity contribution in [3.05, 3.63) is 59.9 Å². The second kappa shape index (κ2) is 5.78. The van der Waals surface area contributed by atoms with Crippen molar-refractivity contribution in [1.29, 1.82) is 0 Å². The van der Waals surface area contributed by atoms with Crippen LogP contribution in [0.5, 0.6) is 0 Å². The molecule has 0 aliphatic heterocycles. The van der Waals surface area contributed by atoms with Crippen LogP contribution < -0.4 is 0 Å². The fourth-order valence-corrected chi connectivity index (χ4v) is 1.83. The maximum atomic E-state index is 13.1. The summed E-state index contributed by atoms with van der Waals surface area (Å²) in [6, 6.07) is 6.95. The monoisotopic (exact) mass is 293 g/mol. The first-order valence-electron chi connectivity index (χ1n) is 5.90. The third-order valence-corrected chi connectivity index (χ3v) is 2.78. The highest BCUT2D eigenvalue weighted by atomic mass is 19.4. The number of nitrogens with zero attached hydrogens (tertiary/aromatic N) is 1. The van der Waals surface area contributed by atoms with Crippen LogP contribution in [0, 0.1) is 0 Å². The van der Waals surface area contributed by atoms with Crippen LogP contribution in [0.15, 0.2) is 48.8 Å². The maximum Gasteiger partial charge on any atom is 0.417 e. The molecule has 6 heteroatoms. The van der Waals surface area contributed by atoms with Crippen molar-refractivity contribution in [2.24, 2.45) is 0 Å². The van der Waals surface area contributed by atoms with Crippen molar-refractivity contribution >= 4 is 12.0 Å². The van der Waals surface area contributed by atoms with Gasteiger partial charge in [0.2, 0.25) is 0 Å². The molecule has 0 saturated carbocycles. The van der Waals surface area contributed by atoms with Crippen molar-refractivity contribution in [2.75, 3.05) is 0 Å². The van der Waals surface area contributed by atoms with Crippen molar-refractivity contribution in [1.82, 2.24) is 4.98 Å². The van der Waals surface area contributed by atoms with E-state index in [1.807, 2.05) is 0 Å². The minimum absolute atomic E-state index is 0.192. The summed E-state index contributed by atoms with van der Waals surface area (Å²) in [6.07, 6.45) is 0.0149. The van der Waals surface area contributed by atoms with Gasteiger partial charge in [0.25, 0.3) is 0 Å². The van der Waals surface area contributed by atoms with Crippen molar-refractivity contribution in [2.45, 2.75) is 6.18 Å². The number of carboxylic acids is 1. The Hall–Kier alpha value is -2.63. The zero-order valence-corrected chi connectivity index (χ0v) is 10.6. The topological polar surface area (TPSA) is 50.2 Å². The van der Waals surface area contributed by atoms with Gasteiger partial charge in [0.15, 0.2) is 0 Å². The Morgan fingerprint density at radius 3 is 2.33 bits per heavy atom. The first-order chi connectivity index (χ1) is 9.88. The molecule has 0 spiro atoms. The number of hydrogen-bond acceptors (Lipinski definition) is 2. The summed E-state index contributed by atoms with van der Waals surface area (Å²) in [6.45, 7) is 0. The third-order valence-electron chi connectivity index (χ3n) is 2.78. The summed E-state index contributed by atoms with van der Waals surface area (Å²) >= 11 is 0. The number of carboxylic acid groups (broad SMARTS) is 1. The number of alkyl halides is 3. The van der Waals surface area contributed by atoms with Crippen molar-refractivity contribution in [3.8, 4) is 11.1 Å². The van der Waals surface area contributed by atoms with Gasteiger partial charge in [0.05, 0.1) is 5.56 Å². The van der Waals surface area contributed by atoms with Crippen LogP contribution in [0.1, 0.15) is 11.1 Å². The summed E-state index contributed by atoms with van der Waals surface area (Å²) in [5.74, 6) is -1.30. The van der Waals surface area contributed by atoms with Gasteiger partial charge in [-0.1, -0.05) is 12.1 Å². The van der Waals surface area contributed by atoms with Gasteiger partial charge in [-0.3, -0.25) is 4.98 Å². The normalized spacial score (nSPS) is 11.8. The highest BCUT2D eigenvalue weighted by molar-refractivity contribution is 5.86. The summed E-state index contributed by atoms with van der Waals surface area (Å²) in [5, 5.41) is 8.53. The molecule has 1 aromatic carbocycles. The van der Waals surface area contributed by atoms with E-state index in [0.717, 1.165) is 12.1 Å². The predicted octanol–water partition coefficient (Wildman–Crippen LogP) is 3.87. The van der Waals surface area contributed by atoms with Crippen LogP contribution >= 0.6 is 0 Å². The van der Waals surface area contributed by atoms with Crippen LogP contribution in [0.2, 0.25) is 0 Å². The molecule has 1 heterocycles. The van der Waals surface area contributed by atoms with E-state index in [9.17, 15) is 18.0 Å². The van der Waals surface area contributed by atoms with E-state index in [0.29, 0.717) is 17.2 Å². The molecule has 21 heavy (non-hydrogen) atoms. The Labute approximate surface area is 118 Å². The Bertz CT molecular complexity index is 679. The van der Waals surface area contributed by atoms with Crippen molar-refractivity contribution < 1.29 is 23.1 Å². The molecule has 0 saturated heterocycles. The summed E-state index contributed by atoms with van der Waals surface area (Å²) in [5.41, 5.74) is -0.0847. The summed E-state index contributed by atoms with van der Waals surface area (Å²) in [4.78, 5) is 14.3. The third kappa shape index (κ3) is 3.68. The molecule has 0 aliphatic carbocycles. The second-order valence-corrected chi connectivity index (χ2v) is 4.21. The molecule has 0 bridgehead atoms. The second-order valence-electron chi connectivity index (χ2n) is 4.21. The Morgan fingerprint density at radius 1 is 1.10 bits per heavy atom. The Morgan fingerprint density at radius 2 is 1.76 bits per heavy atom. The zero-order chi connectivity index (χ0) is 15.5. The molecule has 2 rings (SSSR count). The molecule has 1 aromatic heterocycles. The van der Waals surface area contributed by atoms with E-state index in [1.165, 1.54) is 24.5 Å². The average molecular weight is 293 g/mol. The molecular formula is C15H10F3NO2. The standard InChI is InChI=1S/C15H10F3NO2/c16-15(17,18)13-9-12(10-5-7-19-8-6-10)2-1-11(13)3-4-14(20)21/h1-9H,(H,20,21)/b4-3+. The van der Waals surface area contributed by atoms with Gasteiger partial charge in [-0.15, -0.1) is 0 Å². The number of benzene rings is 1. The first-order valence-corrected chi connectivity index (χ1v) is 5.90. The quantitative estimate of drug-likeness (QED) is 0.874. The number of carbonyl (C=O) groups is 1. The van der Waals surface area contributed by atoms with E-state index >= 15 is 0 Å². The summed E-state index contributed by atoms with van der Waals surface area (Å²) < 4.78 is 39.2.